The fraction of sp³-hybridized carbons (Fsp3) is 0.346. The molecule has 3 saturated heterocycles. The number of aromatic nitrogens is 1. The lowest BCUT2D eigenvalue weighted by Crippen LogP contribution is -3.00. The van der Waals surface area contributed by atoms with Crippen LogP contribution in [0.4, 0.5) is 5.82 Å². The summed E-state index contributed by atoms with van der Waals surface area (Å²) >= 11 is 6.42. The Morgan fingerprint density at radius 1 is 1.11 bits per heavy atom. The van der Waals surface area contributed by atoms with Crippen LogP contribution in [0.5, 0.6) is 0 Å². The highest BCUT2D eigenvalue weighted by Crippen LogP contribution is 2.39. The Balaban J connectivity index is 0.00000304. The van der Waals surface area contributed by atoms with E-state index in [-0.39, 0.29) is 45.9 Å². The number of piperidine rings is 3. The largest absolute Gasteiger partial charge is 1.00 e. The molecule has 0 saturated carbocycles. The van der Waals surface area contributed by atoms with Crippen molar-refractivity contribution in [3.05, 3.63) is 83.1 Å². The topological polar surface area (TPSA) is 102 Å². The van der Waals surface area contributed by atoms with Gasteiger partial charge >= 0.3 is 5.97 Å². The number of hydrogen-bond donors (Lipinski definition) is 2. The number of nitrogens with zero attached hydrogens (tertiary/aromatic N) is 2. The van der Waals surface area contributed by atoms with Gasteiger partial charge in [0.15, 0.2) is 18.5 Å². The van der Waals surface area contributed by atoms with Crippen molar-refractivity contribution in [1.82, 2.24) is 5.16 Å². The van der Waals surface area contributed by atoms with Gasteiger partial charge in [0.1, 0.15) is 12.8 Å². The van der Waals surface area contributed by atoms with Gasteiger partial charge in [-0.15, -0.1) is 0 Å². The zero-order chi connectivity index (χ0) is 24.5. The lowest BCUT2D eigenvalue weighted by atomic mass is 9.82. The standard InChI is InChI=1S/C26H26ClN3O5.BrH/c27-21-9-5-4-8-20(21)26(33,19-6-2-1-3-7-19)25(32)35-22-16-30(13-10-18(22)11-14-30)17-24(31)28-23-12-15-34-29-23;/h1-9,12,15,18,22,33H,10-11,13-14,16-17H2;1H/t18?,22-,26?,30?;/m0./s1. The molecule has 3 aliphatic rings. The van der Waals surface area contributed by atoms with Crippen LogP contribution in [0.25, 0.3) is 0 Å². The fourth-order valence-electron chi connectivity index (χ4n) is 5.38. The molecule has 6 rings (SSSR count). The summed E-state index contributed by atoms with van der Waals surface area (Å²) in [6, 6.07) is 17.0. The third-order valence-electron chi connectivity index (χ3n) is 7.23. The smallest absolute Gasteiger partial charge is 0.348 e. The molecule has 0 aliphatic carbocycles. The Morgan fingerprint density at radius 2 is 1.81 bits per heavy atom. The summed E-state index contributed by atoms with van der Waals surface area (Å²) in [7, 11) is 0. The number of benzene rings is 2. The van der Waals surface area contributed by atoms with Crippen LogP contribution in [0.2, 0.25) is 5.02 Å². The number of ether oxygens (including phenoxy) is 1. The van der Waals surface area contributed by atoms with Crippen LogP contribution in [0.1, 0.15) is 24.0 Å². The first-order valence-electron chi connectivity index (χ1n) is 11.7. The normalized spacial score (nSPS) is 24.3. The van der Waals surface area contributed by atoms with Crippen molar-refractivity contribution in [2.75, 3.05) is 31.5 Å². The second-order valence-electron chi connectivity index (χ2n) is 9.40. The third-order valence-corrected chi connectivity index (χ3v) is 7.56. The van der Waals surface area contributed by atoms with E-state index in [0.717, 1.165) is 25.9 Å². The van der Waals surface area contributed by atoms with E-state index in [1.807, 2.05) is 6.07 Å². The van der Waals surface area contributed by atoms with Crippen molar-refractivity contribution < 1.29 is 45.4 Å². The highest BCUT2D eigenvalue weighted by molar-refractivity contribution is 6.31. The highest BCUT2D eigenvalue weighted by Gasteiger charge is 2.51. The van der Waals surface area contributed by atoms with E-state index in [9.17, 15) is 14.7 Å². The molecule has 1 unspecified atom stereocenters. The third kappa shape index (κ3) is 5.06. The van der Waals surface area contributed by atoms with Crippen LogP contribution in [-0.4, -0.2) is 58.9 Å². The number of halogens is 2. The summed E-state index contributed by atoms with van der Waals surface area (Å²) in [5.41, 5.74) is -1.40. The first kappa shape index (κ1) is 26.3. The molecule has 2 aromatic carbocycles. The van der Waals surface area contributed by atoms with Crippen LogP contribution in [0.15, 0.2) is 71.4 Å². The molecule has 2 N–H and O–H groups in total. The van der Waals surface area contributed by atoms with Crippen molar-refractivity contribution in [2.24, 2.45) is 5.92 Å². The summed E-state index contributed by atoms with van der Waals surface area (Å²) in [6.45, 7) is 2.42. The second-order valence-corrected chi connectivity index (χ2v) is 9.81. The predicted octanol–water partition coefficient (Wildman–Crippen LogP) is 0.359. The molecule has 3 aromatic rings. The number of nitrogens with one attached hydrogen (secondary N) is 1. The number of rotatable bonds is 7. The van der Waals surface area contributed by atoms with Gasteiger partial charge in [-0.25, -0.2) is 4.79 Å². The molecule has 3 aliphatic heterocycles. The van der Waals surface area contributed by atoms with E-state index in [1.54, 1.807) is 54.6 Å². The first-order valence-corrected chi connectivity index (χ1v) is 12.1. The summed E-state index contributed by atoms with van der Waals surface area (Å²) < 4.78 is 11.3. The molecule has 8 nitrogen and oxygen atoms in total. The summed E-state index contributed by atoms with van der Waals surface area (Å²) in [5.74, 6) is -0.374. The Hall–Kier alpha value is -2.72. The van der Waals surface area contributed by atoms with Gasteiger partial charge in [0.05, 0.1) is 13.1 Å². The number of carbonyl (C=O) groups excluding carboxylic acids is 2. The molecule has 0 radical (unpaired) electrons. The molecular weight excluding hydrogens is 550 g/mol. The molecule has 3 fully saturated rings. The van der Waals surface area contributed by atoms with Gasteiger partial charge in [-0.2, -0.15) is 0 Å². The molecule has 2 atom stereocenters. The number of anilines is 1. The summed E-state index contributed by atoms with van der Waals surface area (Å²) in [6.07, 6.45) is 2.66. The number of esters is 1. The van der Waals surface area contributed by atoms with Gasteiger partial charge in [-0.3, -0.25) is 4.79 Å². The molecular formula is C26H27BrClN3O5. The van der Waals surface area contributed by atoms with E-state index in [4.69, 9.17) is 20.9 Å². The number of hydrogen-bond acceptors (Lipinski definition) is 6. The maximum absolute atomic E-state index is 13.7. The minimum atomic E-state index is -2.05. The number of quaternary nitrogens is 1. The molecule has 1 aromatic heterocycles. The van der Waals surface area contributed by atoms with Crippen LogP contribution in [0, 0.1) is 5.92 Å². The van der Waals surface area contributed by atoms with Crippen molar-refractivity contribution in [3.63, 3.8) is 0 Å². The lowest BCUT2D eigenvalue weighted by Gasteiger charge is -2.51. The minimum absolute atomic E-state index is 0. The van der Waals surface area contributed by atoms with Crippen molar-refractivity contribution in [1.29, 1.82) is 0 Å². The SMILES string of the molecule is O=C(C[N+]12CCC(CC1)[C@@H](OC(=O)C(O)(c1ccccc1)c1ccccc1Cl)C2)Nc1ccon1.[Br-]. The number of carbonyl (C=O) groups is 2. The van der Waals surface area contributed by atoms with Crippen LogP contribution in [-0.2, 0) is 19.9 Å². The van der Waals surface area contributed by atoms with Crippen LogP contribution < -0.4 is 22.3 Å². The second kappa shape index (κ2) is 10.7. The first-order chi connectivity index (χ1) is 16.9. The van der Waals surface area contributed by atoms with E-state index < -0.39 is 17.7 Å². The molecule has 0 spiro atoms. The zero-order valence-corrected chi connectivity index (χ0v) is 21.8. The van der Waals surface area contributed by atoms with Gasteiger partial charge < -0.3 is 41.1 Å². The summed E-state index contributed by atoms with van der Waals surface area (Å²) in [5, 5.41) is 18.6. The number of amides is 1. The van der Waals surface area contributed by atoms with Crippen LogP contribution in [0.3, 0.4) is 0 Å². The number of fused-ring (bicyclic) bond motifs is 3. The Kier molecular flexibility index (Phi) is 7.85. The quantitative estimate of drug-likeness (QED) is 0.311. The average molecular weight is 577 g/mol. The maximum atomic E-state index is 13.7. The van der Waals surface area contributed by atoms with E-state index in [1.165, 1.54) is 6.26 Å². The molecule has 4 heterocycles. The van der Waals surface area contributed by atoms with Crippen LogP contribution >= 0.6 is 11.6 Å². The molecule has 10 heteroatoms. The van der Waals surface area contributed by atoms with Crippen molar-refractivity contribution in [2.45, 2.75) is 24.5 Å². The number of aliphatic hydroxyl groups is 1. The van der Waals surface area contributed by atoms with Gasteiger partial charge in [-0.05, 0) is 11.6 Å². The molecule has 36 heavy (non-hydrogen) atoms. The van der Waals surface area contributed by atoms with E-state index in [0.29, 0.717) is 22.4 Å². The Labute approximate surface area is 224 Å². The average Bonchev–Trinajstić information content (AvgIpc) is 3.37. The monoisotopic (exact) mass is 575 g/mol. The van der Waals surface area contributed by atoms with Crippen molar-refractivity contribution in [3.8, 4) is 0 Å². The molecule has 2 bridgehead atoms. The summed E-state index contributed by atoms with van der Waals surface area (Å²) in [4.78, 5) is 26.3. The predicted molar refractivity (Wildman–Crippen MR) is 128 cm³/mol. The Bertz CT molecular complexity index is 1200. The van der Waals surface area contributed by atoms with Gasteiger partial charge in [0, 0.05) is 35.4 Å². The van der Waals surface area contributed by atoms with Crippen molar-refractivity contribution >= 4 is 29.3 Å². The molecule has 190 valence electrons. The minimum Gasteiger partial charge on any atom is -1.00 e. The zero-order valence-electron chi connectivity index (χ0n) is 19.5. The highest BCUT2D eigenvalue weighted by atomic mass is 79.9. The lowest BCUT2D eigenvalue weighted by molar-refractivity contribution is -0.939. The Morgan fingerprint density at radius 3 is 2.47 bits per heavy atom. The van der Waals surface area contributed by atoms with E-state index >= 15 is 0 Å². The fourth-order valence-corrected chi connectivity index (χ4v) is 5.65. The van der Waals surface area contributed by atoms with Gasteiger partial charge in [0.25, 0.3) is 5.91 Å². The van der Waals surface area contributed by atoms with Gasteiger partial charge in [0.2, 0.25) is 5.60 Å². The van der Waals surface area contributed by atoms with E-state index in [2.05, 4.69) is 10.5 Å². The maximum Gasteiger partial charge on any atom is 0.348 e. The van der Waals surface area contributed by atoms with Gasteiger partial charge in [-0.1, -0.05) is 65.3 Å². The molecule has 1 amide bonds.